The SMILES string of the molecule is CCCC(Nc1ccc(OC)c(C)c1)C(=O)O. The Bertz CT molecular complexity index is 390. The highest BCUT2D eigenvalue weighted by molar-refractivity contribution is 5.77. The molecule has 0 aromatic heterocycles. The van der Waals surface area contributed by atoms with E-state index in [1.807, 2.05) is 32.0 Å². The first kappa shape index (κ1) is 13.4. The van der Waals surface area contributed by atoms with Gasteiger partial charge in [0.15, 0.2) is 0 Å². The van der Waals surface area contributed by atoms with Crippen molar-refractivity contribution in [2.24, 2.45) is 0 Å². The Morgan fingerprint density at radius 2 is 2.24 bits per heavy atom. The van der Waals surface area contributed by atoms with Crippen LogP contribution in [0.1, 0.15) is 25.3 Å². The van der Waals surface area contributed by atoms with E-state index in [2.05, 4.69) is 5.32 Å². The molecule has 0 fully saturated rings. The molecule has 1 rings (SSSR count). The number of carboxylic acid groups (broad SMARTS) is 1. The van der Waals surface area contributed by atoms with E-state index in [-0.39, 0.29) is 0 Å². The second-order valence-electron chi connectivity index (χ2n) is 4.01. The number of benzene rings is 1. The van der Waals surface area contributed by atoms with E-state index in [0.29, 0.717) is 6.42 Å². The van der Waals surface area contributed by atoms with Crippen LogP contribution in [0.2, 0.25) is 0 Å². The number of carboxylic acids is 1. The zero-order valence-electron chi connectivity index (χ0n) is 10.5. The average Bonchev–Trinajstić information content (AvgIpc) is 2.28. The average molecular weight is 237 g/mol. The summed E-state index contributed by atoms with van der Waals surface area (Å²) in [5.74, 6) is -0.0155. The molecular weight excluding hydrogens is 218 g/mol. The first-order chi connectivity index (χ1) is 8.08. The number of ether oxygens (including phenoxy) is 1. The summed E-state index contributed by atoms with van der Waals surface area (Å²) >= 11 is 0. The zero-order valence-corrected chi connectivity index (χ0v) is 10.5. The quantitative estimate of drug-likeness (QED) is 0.798. The number of carbonyl (C=O) groups is 1. The summed E-state index contributed by atoms with van der Waals surface area (Å²) in [4.78, 5) is 11.0. The molecule has 0 aliphatic rings. The molecule has 0 saturated heterocycles. The molecule has 1 aromatic carbocycles. The van der Waals surface area contributed by atoms with Crippen molar-refractivity contribution in [1.82, 2.24) is 0 Å². The molecule has 0 aliphatic carbocycles. The largest absolute Gasteiger partial charge is 0.496 e. The first-order valence-corrected chi connectivity index (χ1v) is 5.72. The van der Waals surface area contributed by atoms with Gasteiger partial charge in [-0.25, -0.2) is 4.79 Å². The summed E-state index contributed by atoms with van der Waals surface area (Å²) in [6, 6.07) is 5.03. The van der Waals surface area contributed by atoms with Gasteiger partial charge >= 0.3 is 5.97 Å². The van der Waals surface area contributed by atoms with Crippen molar-refractivity contribution in [2.75, 3.05) is 12.4 Å². The van der Waals surface area contributed by atoms with Gasteiger partial charge in [0.25, 0.3) is 0 Å². The third-order valence-electron chi connectivity index (χ3n) is 2.61. The maximum absolute atomic E-state index is 11.0. The van der Waals surface area contributed by atoms with Gasteiger partial charge < -0.3 is 15.2 Å². The highest BCUT2D eigenvalue weighted by Gasteiger charge is 2.15. The first-order valence-electron chi connectivity index (χ1n) is 5.72. The Balaban J connectivity index is 2.79. The zero-order chi connectivity index (χ0) is 12.8. The Hall–Kier alpha value is -1.71. The fraction of sp³-hybridized carbons (Fsp3) is 0.462. The van der Waals surface area contributed by atoms with E-state index >= 15 is 0 Å². The van der Waals surface area contributed by atoms with Crippen molar-refractivity contribution in [3.8, 4) is 5.75 Å². The molecule has 0 aliphatic heterocycles. The van der Waals surface area contributed by atoms with Crippen molar-refractivity contribution in [1.29, 1.82) is 0 Å². The Kier molecular flexibility index (Phi) is 4.82. The van der Waals surface area contributed by atoms with Gasteiger partial charge in [0.2, 0.25) is 0 Å². The maximum Gasteiger partial charge on any atom is 0.326 e. The minimum atomic E-state index is -0.819. The van der Waals surface area contributed by atoms with Gasteiger partial charge in [-0.05, 0) is 37.1 Å². The maximum atomic E-state index is 11.0. The van der Waals surface area contributed by atoms with E-state index in [0.717, 1.165) is 23.4 Å². The second kappa shape index (κ2) is 6.13. The summed E-state index contributed by atoms with van der Waals surface area (Å²) in [5.41, 5.74) is 1.79. The van der Waals surface area contributed by atoms with Gasteiger partial charge in [0.05, 0.1) is 7.11 Å². The van der Waals surface area contributed by atoms with Crippen LogP contribution in [-0.2, 0) is 4.79 Å². The summed E-state index contributed by atoms with van der Waals surface area (Å²) in [6.07, 6.45) is 1.44. The molecule has 0 bridgehead atoms. The number of aliphatic carboxylic acids is 1. The van der Waals surface area contributed by atoms with E-state index < -0.39 is 12.0 Å². The van der Waals surface area contributed by atoms with Crippen LogP contribution in [0, 0.1) is 6.92 Å². The number of methoxy groups -OCH3 is 1. The van der Waals surface area contributed by atoms with E-state index in [4.69, 9.17) is 9.84 Å². The van der Waals surface area contributed by atoms with Crippen LogP contribution in [0.4, 0.5) is 5.69 Å². The smallest absolute Gasteiger partial charge is 0.326 e. The summed E-state index contributed by atoms with van der Waals surface area (Å²) in [6.45, 7) is 3.90. The van der Waals surface area contributed by atoms with Crippen LogP contribution in [0.3, 0.4) is 0 Å². The van der Waals surface area contributed by atoms with Gasteiger partial charge in [-0.3, -0.25) is 0 Å². The van der Waals surface area contributed by atoms with Gasteiger partial charge in [-0.1, -0.05) is 13.3 Å². The number of rotatable bonds is 6. The van der Waals surface area contributed by atoms with Crippen LogP contribution < -0.4 is 10.1 Å². The predicted octanol–water partition coefficient (Wildman–Crippen LogP) is 2.67. The number of anilines is 1. The normalized spacial score (nSPS) is 11.9. The molecule has 1 atom stereocenters. The van der Waals surface area contributed by atoms with Gasteiger partial charge in [-0.15, -0.1) is 0 Å². The lowest BCUT2D eigenvalue weighted by Crippen LogP contribution is -2.28. The van der Waals surface area contributed by atoms with Crippen molar-refractivity contribution >= 4 is 11.7 Å². The van der Waals surface area contributed by atoms with Crippen LogP contribution in [0.15, 0.2) is 18.2 Å². The van der Waals surface area contributed by atoms with E-state index in [9.17, 15) is 4.79 Å². The third-order valence-corrected chi connectivity index (χ3v) is 2.61. The minimum absolute atomic E-state index is 0.534. The van der Waals surface area contributed by atoms with Crippen LogP contribution in [0.5, 0.6) is 5.75 Å². The molecular formula is C13H19NO3. The number of aryl methyl sites for hydroxylation is 1. The molecule has 94 valence electrons. The lowest BCUT2D eigenvalue weighted by atomic mass is 10.1. The molecule has 2 N–H and O–H groups in total. The van der Waals surface area contributed by atoms with Gasteiger partial charge in [0, 0.05) is 5.69 Å². The molecule has 0 spiro atoms. The third kappa shape index (κ3) is 3.66. The second-order valence-corrected chi connectivity index (χ2v) is 4.01. The highest BCUT2D eigenvalue weighted by atomic mass is 16.5. The van der Waals surface area contributed by atoms with Crippen molar-refractivity contribution < 1.29 is 14.6 Å². The molecule has 17 heavy (non-hydrogen) atoms. The van der Waals surface area contributed by atoms with E-state index in [1.165, 1.54) is 0 Å². The Morgan fingerprint density at radius 1 is 1.53 bits per heavy atom. The monoisotopic (exact) mass is 237 g/mol. The summed E-state index contributed by atoms with van der Waals surface area (Å²) in [5, 5.41) is 12.1. The molecule has 0 saturated carbocycles. The molecule has 1 unspecified atom stereocenters. The van der Waals surface area contributed by atoms with Crippen molar-refractivity contribution in [3.63, 3.8) is 0 Å². The summed E-state index contributed by atoms with van der Waals surface area (Å²) < 4.78 is 5.16. The van der Waals surface area contributed by atoms with Crippen LogP contribution in [-0.4, -0.2) is 24.2 Å². The molecule has 1 aromatic rings. The molecule has 0 heterocycles. The highest BCUT2D eigenvalue weighted by Crippen LogP contribution is 2.22. The topological polar surface area (TPSA) is 58.6 Å². The Labute approximate surface area is 102 Å². The fourth-order valence-corrected chi connectivity index (χ4v) is 1.72. The fourth-order valence-electron chi connectivity index (χ4n) is 1.72. The molecule has 4 nitrogen and oxygen atoms in total. The van der Waals surface area contributed by atoms with Crippen LogP contribution in [0.25, 0.3) is 0 Å². The summed E-state index contributed by atoms with van der Waals surface area (Å²) in [7, 11) is 1.62. The standard InChI is InChI=1S/C13H19NO3/c1-4-5-11(13(15)16)14-10-6-7-12(17-3)9(2)8-10/h6-8,11,14H,4-5H2,1-3H3,(H,15,16). The van der Waals surface area contributed by atoms with Gasteiger partial charge in [-0.2, -0.15) is 0 Å². The van der Waals surface area contributed by atoms with Gasteiger partial charge in [0.1, 0.15) is 11.8 Å². The number of hydrogen-bond acceptors (Lipinski definition) is 3. The Morgan fingerprint density at radius 3 is 2.71 bits per heavy atom. The van der Waals surface area contributed by atoms with Crippen LogP contribution >= 0.6 is 0 Å². The number of nitrogens with one attached hydrogen (secondary N) is 1. The minimum Gasteiger partial charge on any atom is -0.496 e. The lowest BCUT2D eigenvalue weighted by molar-refractivity contribution is -0.138. The van der Waals surface area contributed by atoms with Crippen molar-refractivity contribution in [3.05, 3.63) is 23.8 Å². The predicted molar refractivity (Wildman–Crippen MR) is 67.7 cm³/mol. The molecule has 0 radical (unpaired) electrons. The number of hydrogen-bond donors (Lipinski definition) is 2. The lowest BCUT2D eigenvalue weighted by Gasteiger charge is -2.16. The van der Waals surface area contributed by atoms with Crippen molar-refractivity contribution in [2.45, 2.75) is 32.7 Å². The molecule has 0 amide bonds. The molecule has 4 heteroatoms. The van der Waals surface area contributed by atoms with E-state index in [1.54, 1.807) is 7.11 Å².